The van der Waals surface area contributed by atoms with Gasteiger partial charge in [0.2, 0.25) is 0 Å². The average Bonchev–Trinajstić information content (AvgIpc) is 2.83. The molecule has 5 heteroatoms. The molecule has 1 N–H and O–H groups in total. The maximum atomic E-state index is 12.1. The van der Waals surface area contributed by atoms with Crippen LogP contribution in [0.25, 0.3) is 0 Å². The standard InChI is InChI=1S/C15H16O5/c1-6-3-9(17)12-7(2)15(19)20-14(12)13-8(5-16)4-10(18)11(6)13/h5,8-9,12-14,17H,2-4H2,1H3. The van der Waals surface area contributed by atoms with Crippen molar-refractivity contribution in [3.05, 3.63) is 23.3 Å². The van der Waals surface area contributed by atoms with Crippen LogP contribution in [0.5, 0.6) is 0 Å². The number of esters is 1. The normalized spacial score (nSPS) is 40.3. The number of carbonyl (C=O) groups is 3. The molecule has 0 radical (unpaired) electrons. The number of hydrogen-bond donors (Lipinski definition) is 1. The van der Waals surface area contributed by atoms with Gasteiger partial charge in [-0.1, -0.05) is 12.2 Å². The second kappa shape index (κ2) is 4.38. The highest BCUT2D eigenvalue weighted by molar-refractivity contribution is 6.02. The smallest absolute Gasteiger partial charge is 0.334 e. The van der Waals surface area contributed by atoms with Crippen LogP contribution in [0, 0.1) is 17.8 Å². The number of ketones is 1. The molecule has 0 bridgehead atoms. The van der Waals surface area contributed by atoms with E-state index in [2.05, 4.69) is 6.58 Å². The van der Waals surface area contributed by atoms with Crippen LogP contribution in [0.2, 0.25) is 0 Å². The summed E-state index contributed by atoms with van der Waals surface area (Å²) in [4.78, 5) is 35.1. The average molecular weight is 276 g/mol. The maximum Gasteiger partial charge on any atom is 0.334 e. The van der Waals surface area contributed by atoms with Crippen molar-refractivity contribution in [3.63, 3.8) is 0 Å². The molecule has 1 saturated carbocycles. The van der Waals surface area contributed by atoms with Crippen LogP contribution in [-0.4, -0.2) is 35.4 Å². The van der Waals surface area contributed by atoms with Gasteiger partial charge >= 0.3 is 5.97 Å². The summed E-state index contributed by atoms with van der Waals surface area (Å²) in [5.41, 5.74) is 1.59. The van der Waals surface area contributed by atoms with Gasteiger partial charge in [0.25, 0.3) is 0 Å². The zero-order valence-corrected chi connectivity index (χ0v) is 11.2. The summed E-state index contributed by atoms with van der Waals surface area (Å²) in [6, 6.07) is 0. The summed E-state index contributed by atoms with van der Waals surface area (Å²) in [5, 5.41) is 10.3. The molecule has 2 fully saturated rings. The van der Waals surface area contributed by atoms with Crippen LogP contribution in [0.15, 0.2) is 23.3 Å². The molecule has 1 aliphatic heterocycles. The topological polar surface area (TPSA) is 80.7 Å². The molecule has 0 spiro atoms. The highest BCUT2D eigenvalue weighted by atomic mass is 16.6. The van der Waals surface area contributed by atoms with Crippen molar-refractivity contribution < 1.29 is 24.2 Å². The van der Waals surface area contributed by atoms with E-state index in [1.165, 1.54) is 0 Å². The lowest BCUT2D eigenvalue weighted by Gasteiger charge is -2.26. The van der Waals surface area contributed by atoms with Crippen molar-refractivity contribution in [2.24, 2.45) is 17.8 Å². The van der Waals surface area contributed by atoms with Gasteiger partial charge < -0.3 is 14.6 Å². The van der Waals surface area contributed by atoms with Gasteiger partial charge in [0.15, 0.2) is 5.78 Å². The Morgan fingerprint density at radius 1 is 1.30 bits per heavy atom. The summed E-state index contributed by atoms with van der Waals surface area (Å²) in [6.07, 6.45) is -0.243. The predicted molar refractivity (Wildman–Crippen MR) is 68.5 cm³/mol. The minimum atomic E-state index is -0.808. The molecule has 5 nitrogen and oxygen atoms in total. The number of aliphatic hydroxyl groups excluding tert-OH is 1. The van der Waals surface area contributed by atoms with Gasteiger partial charge in [-0.2, -0.15) is 0 Å². The lowest BCUT2D eigenvalue weighted by molar-refractivity contribution is -0.142. The van der Waals surface area contributed by atoms with Gasteiger partial charge in [-0.05, 0) is 13.3 Å². The Balaban J connectivity index is 2.13. The monoisotopic (exact) mass is 276 g/mol. The van der Waals surface area contributed by atoms with Gasteiger partial charge in [0, 0.05) is 29.4 Å². The molecule has 5 atom stereocenters. The van der Waals surface area contributed by atoms with Crippen molar-refractivity contribution in [2.45, 2.75) is 32.0 Å². The highest BCUT2D eigenvalue weighted by Gasteiger charge is 2.55. The molecule has 5 unspecified atom stereocenters. The first kappa shape index (κ1) is 13.2. The van der Waals surface area contributed by atoms with E-state index in [4.69, 9.17) is 4.74 Å². The van der Waals surface area contributed by atoms with Crippen LogP contribution in [-0.2, 0) is 19.1 Å². The number of fused-ring (bicyclic) bond motifs is 3. The third-order valence-corrected chi connectivity index (χ3v) is 4.70. The predicted octanol–water partition coefficient (Wildman–Crippen LogP) is 0.569. The second-order valence-corrected chi connectivity index (χ2v) is 5.84. The number of Topliss-reactive ketones (excluding diaryl/α,β-unsaturated/α-hetero) is 1. The molecular formula is C15H16O5. The van der Waals surface area contributed by atoms with Crippen LogP contribution < -0.4 is 0 Å². The highest BCUT2D eigenvalue weighted by Crippen LogP contribution is 2.48. The molecule has 0 aromatic rings. The molecule has 106 valence electrons. The summed E-state index contributed by atoms with van der Waals surface area (Å²) in [6.45, 7) is 5.49. The number of aldehydes is 1. The number of carbonyl (C=O) groups excluding carboxylic acids is 3. The molecule has 1 heterocycles. The van der Waals surface area contributed by atoms with Crippen molar-refractivity contribution in [1.29, 1.82) is 0 Å². The fraction of sp³-hybridized carbons (Fsp3) is 0.533. The maximum absolute atomic E-state index is 12.1. The Morgan fingerprint density at radius 3 is 2.65 bits per heavy atom. The summed E-state index contributed by atoms with van der Waals surface area (Å²) in [5.74, 6) is -2.07. The van der Waals surface area contributed by atoms with Crippen molar-refractivity contribution >= 4 is 18.0 Å². The number of hydrogen-bond acceptors (Lipinski definition) is 5. The van der Waals surface area contributed by atoms with E-state index in [0.717, 1.165) is 11.9 Å². The van der Waals surface area contributed by atoms with Crippen LogP contribution in [0.4, 0.5) is 0 Å². The summed E-state index contributed by atoms with van der Waals surface area (Å²) < 4.78 is 5.33. The lowest BCUT2D eigenvalue weighted by atomic mass is 9.80. The molecule has 1 saturated heterocycles. The van der Waals surface area contributed by atoms with Gasteiger partial charge in [-0.25, -0.2) is 4.79 Å². The Kier molecular flexibility index (Phi) is 2.90. The first-order valence-corrected chi connectivity index (χ1v) is 6.71. The Bertz CT molecular complexity index is 559. The van der Waals surface area contributed by atoms with E-state index in [1.807, 2.05) is 0 Å². The zero-order chi connectivity index (χ0) is 14.6. The van der Waals surface area contributed by atoms with Gasteiger partial charge in [0.1, 0.15) is 12.4 Å². The minimum absolute atomic E-state index is 0.0778. The summed E-state index contributed by atoms with van der Waals surface area (Å²) >= 11 is 0. The quantitative estimate of drug-likeness (QED) is 0.430. The third kappa shape index (κ3) is 1.62. The first-order chi connectivity index (χ1) is 9.45. The number of ether oxygens (including phenoxy) is 1. The lowest BCUT2D eigenvalue weighted by Crippen LogP contribution is -2.35. The first-order valence-electron chi connectivity index (χ1n) is 6.71. The fourth-order valence-electron chi connectivity index (χ4n) is 3.82. The number of rotatable bonds is 1. The molecular weight excluding hydrogens is 260 g/mol. The second-order valence-electron chi connectivity index (χ2n) is 5.84. The molecule has 3 aliphatic rings. The van der Waals surface area contributed by atoms with E-state index in [9.17, 15) is 19.5 Å². The van der Waals surface area contributed by atoms with Gasteiger partial charge in [-0.3, -0.25) is 4.79 Å². The van der Waals surface area contributed by atoms with E-state index in [1.54, 1.807) is 6.92 Å². The van der Waals surface area contributed by atoms with E-state index in [0.29, 0.717) is 12.0 Å². The Hall–Kier alpha value is -1.75. The van der Waals surface area contributed by atoms with E-state index in [-0.39, 0.29) is 17.8 Å². The van der Waals surface area contributed by atoms with E-state index < -0.39 is 35.9 Å². The molecule has 0 aromatic carbocycles. The van der Waals surface area contributed by atoms with Crippen molar-refractivity contribution in [3.8, 4) is 0 Å². The Morgan fingerprint density at radius 2 is 2.00 bits per heavy atom. The van der Waals surface area contributed by atoms with Gasteiger partial charge in [-0.15, -0.1) is 0 Å². The molecule has 2 aliphatic carbocycles. The third-order valence-electron chi connectivity index (χ3n) is 4.70. The van der Waals surface area contributed by atoms with Crippen molar-refractivity contribution in [1.82, 2.24) is 0 Å². The SMILES string of the molecule is C=C1C(=O)OC2C1C(O)CC(C)=C1C(=O)CC(C=O)C12. The molecule has 0 amide bonds. The molecule has 3 rings (SSSR count). The van der Waals surface area contributed by atoms with Gasteiger partial charge in [0.05, 0.1) is 12.0 Å². The van der Waals surface area contributed by atoms with Crippen LogP contribution >= 0.6 is 0 Å². The molecule has 20 heavy (non-hydrogen) atoms. The minimum Gasteiger partial charge on any atom is -0.458 e. The van der Waals surface area contributed by atoms with Crippen LogP contribution in [0.1, 0.15) is 19.8 Å². The zero-order valence-electron chi connectivity index (χ0n) is 11.2. The Labute approximate surface area is 116 Å². The molecule has 0 aromatic heterocycles. The number of aliphatic hydroxyl groups is 1. The fourth-order valence-corrected chi connectivity index (χ4v) is 3.82. The summed E-state index contributed by atoms with van der Waals surface area (Å²) in [7, 11) is 0. The van der Waals surface area contributed by atoms with Crippen molar-refractivity contribution in [2.75, 3.05) is 0 Å². The van der Waals surface area contributed by atoms with Crippen LogP contribution in [0.3, 0.4) is 0 Å². The van der Waals surface area contributed by atoms with E-state index >= 15 is 0 Å². The largest absolute Gasteiger partial charge is 0.458 e.